The van der Waals surface area contributed by atoms with Crippen LogP contribution in [0.5, 0.6) is 0 Å². The van der Waals surface area contributed by atoms with E-state index in [0.717, 1.165) is 44.3 Å². The summed E-state index contributed by atoms with van der Waals surface area (Å²) in [6.07, 6.45) is 4.87. The minimum atomic E-state index is 0.269. The SMILES string of the molecule is Cc1cccc(CC(=O)N2CCCC2CCCN)c1. The zero-order chi connectivity index (χ0) is 13.7. The summed E-state index contributed by atoms with van der Waals surface area (Å²) in [5.74, 6) is 0.269. The van der Waals surface area contributed by atoms with Gasteiger partial charge in [-0.3, -0.25) is 4.79 Å². The van der Waals surface area contributed by atoms with Crippen LogP contribution in [0, 0.1) is 6.92 Å². The van der Waals surface area contributed by atoms with Gasteiger partial charge in [0.15, 0.2) is 0 Å². The van der Waals surface area contributed by atoms with Gasteiger partial charge in [-0.1, -0.05) is 29.8 Å². The largest absolute Gasteiger partial charge is 0.339 e. The lowest BCUT2D eigenvalue weighted by Gasteiger charge is -2.24. The van der Waals surface area contributed by atoms with Gasteiger partial charge in [0.2, 0.25) is 5.91 Å². The van der Waals surface area contributed by atoms with Crippen LogP contribution in [0.4, 0.5) is 0 Å². The summed E-state index contributed by atoms with van der Waals surface area (Å²) in [4.78, 5) is 14.5. The van der Waals surface area contributed by atoms with Crippen molar-refractivity contribution < 1.29 is 4.79 Å². The van der Waals surface area contributed by atoms with E-state index in [1.165, 1.54) is 5.56 Å². The quantitative estimate of drug-likeness (QED) is 0.882. The molecule has 1 aromatic rings. The smallest absolute Gasteiger partial charge is 0.227 e. The first kappa shape index (κ1) is 14.1. The number of nitrogens with zero attached hydrogens (tertiary/aromatic N) is 1. The highest BCUT2D eigenvalue weighted by atomic mass is 16.2. The molecule has 1 heterocycles. The van der Waals surface area contributed by atoms with Crippen molar-refractivity contribution in [2.45, 2.75) is 45.1 Å². The third-order valence-electron chi connectivity index (χ3n) is 3.88. The van der Waals surface area contributed by atoms with Crippen LogP contribution in [0.3, 0.4) is 0 Å². The predicted octanol–water partition coefficient (Wildman–Crippen LogP) is 2.27. The molecule has 1 atom stereocenters. The van der Waals surface area contributed by atoms with Crippen LogP contribution in [0.25, 0.3) is 0 Å². The normalized spacial score (nSPS) is 18.8. The standard InChI is InChI=1S/C16H24N2O/c1-13-5-2-6-14(11-13)12-16(19)18-10-4-8-15(18)7-3-9-17/h2,5-6,11,15H,3-4,7-10,12,17H2,1H3. The Morgan fingerprint density at radius 2 is 2.32 bits per heavy atom. The number of likely N-dealkylation sites (tertiary alicyclic amines) is 1. The number of rotatable bonds is 5. The maximum absolute atomic E-state index is 12.4. The van der Waals surface area contributed by atoms with E-state index in [-0.39, 0.29) is 5.91 Å². The van der Waals surface area contributed by atoms with Gasteiger partial charge in [-0.25, -0.2) is 0 Å². The molecule has 3 heteroatoms. The second kappa shape index (κ2) is 6.71. The number of benzene rings is 1. The second-order valence-corrected chi connectivity index (χ2v) is 5.48. The molecule has 104 valence electrons. The highest BCUT2D eigenvalue weighted by Gasteiger charge is 2.27. The van der Waals surface area contributed by atoms with Gasteiger partial charge in [-0.15, -0.1) is 0 Å². The molecule has 19 heavy (non-hydrogen) atoms. The van der Waals surface area contributed by atoms with Crippen molar-refractivity contribution in [3.05, 3.63) is 35.4 Å². The Labute approximate surface area is 115 Å². The summed E-state index contributed by atoms with van der Waals surface area (Å²) in [5, 5.41) is 0. The van der Waals surface area contributed by atoms with E-state index in [9.17, 15) is 4.79 Å². The Bertz CT molecular complexity index is 431. The summed E-state index contributed by atoms with van der Waals surface area (Å²) in [6, 6.07) is 8.64. The van der Waals surface area contributed by atoms with Gasteiger partial charge >= 0.3 is 0 Å². The average Bonchev–Trinajstić information content (AvgIpc) is 2.84. The molecule has 0 aliphatic carbocycles. The Balaban J connectivity index is 1.95. The number of aryl methyl sites for hydroxylation is 1. The summed E-state index contributed by atoms with van der Waals surface area (Å²) in [7, 11) is 0. The topological polar surface area (TPSA) is 46.3 Å². The van der Waals surface area contributed by atoms with Gasteiger partial charge in [0.1, 0.15) is 0 Å². The van der Waals surface area contributed by atoms with Crippen molar-refractivity contribution in [1.29, 1.82) is 0 Å². The molecule has 2 rings (SSSR count). The maximum atomic E-state index is 12.4. The van der Waals surface area contributed by atoms with Crippen molar-refractivity contribution in [3.63, 3.8) is 0 Å². The van der Waals surface area contributed by atoms with E-state index in [1.54, 1.807) is 0 Å². The van der Waals surface area contributed by atoms with Gasteiger partial charge in [0.25, 0.3) is 0 Å². The summed E-state index contributed by atoms with van der Waals surface area (Å²) < 4.78 is 0. The number of hydrogen-bond acceptors (Lipinski definition) is 2. The van der Waals surface area contributed by atoms with E-state index >= 15 is 0 Å². The first-order valence-corrected chi connectivity index (χ1v) is 7.26. The Kier molecular flexibility index (Phi) is 4.97. The van der Waals surface area contributed by atoms with Crippen molar-refractivity contribution in [3.8, 4) is 0 Å². The molecule has 1 fully saturated rings. The van der Waals surface area contributed by atoms with Gasteiger partial charge in [0.05, 0.1) is 6.42 Å². The highest BCUT2D eigenvalue weighted by Crippen LogP contribution is 2.22. The molecule has 1 aromatic carbocycles. The predicted molar refractivity (Wildman–Crippen MR) is 77.9 cm³/mol. The molecule has 1 unspecified atom stereocenters. The Hall–Kier alpha value is -1.35. The molecule has 2 N–H and O–H groups in total. The van der Waals surface area contributed by atoms with Crippen molar-refractivity contribution >= 4 is 5.91 Å². The monoisotopic (exact) mass is 260 g/mol. The number of hydrogen-bond donors (Lipinski definition) is 1. The molecular weight excluding hydrogens is 236 g/mol. The van der Waals surface area contributed by atoms with Crippen LogP contribution in [-0.2, 0) is 11.2 Å². The third-order valence-corrected chi connectivity index (χ3v) is 3.88. The Morgan fingerprint density at radius 1 is 1.47 bits per heavy atom. The summed E-state index contributed by atoms with van der Waals surface area (Å²) in [5.41, 5.74) is 7.90. The molecule has 0 bridgehead atoms. The molecule has 0 radical (unpaired) electrons. The van der Waals surface area contributed by atoms with E-state index in [2.05, 4.69) is 24.0 Å². The zero-order valence-electron chi connectivity index (χ0n) is 11.8. The molecule has 1 aliphatic heterocycles. The van der Waals surface area contributed by atoms with E-state index < -0.39 is 0 Å². The number of nitrogens with two attached hydrogens (primary N) is 1. The lowest BCUT2D eigenvalue weighted by Crippen LogP contribution is -2.36. The molecule has 0 spiro atoms. The van der Waals surface area contributed by atoms with Crippen LogP contribution < -0.4 is 5.73 Å². The van der Waals surface area contributed by atoms with Crippen LogP contribution >= 0.6 is 0 Å². The van der Waals surface area contributed by atoms with Crippen LogP contribution in [0.2, 0.25) is 0 Å². The summed E-state index contributed by atoms with van der Waals surface area (Å²) >= 11 is 0. The Morgan fingerprint density at radius 3 is 3.05 bits per heavy atom. The maximum Gasteiger partial charge on any atom is 0.227 e. The second-order valence-electron chi connectivity index (χ2n) is 5.48. The molecule has 1 amide bonds. The molecular formula is C16H24N2O. The van der Waals surface area contributed by atoms with Gasteiger partial charge < -0.3 is 10.6 Å². The lowest BCUT2D eigenvalue weighted by atomic mass is 10.1. The van der Waals surface area contributed by atoms with E-state index in [4.69, 9.17) is 5.73 Å². The average molecular weight is 260 g/mol. The van der Waals surface area contributed by atoms with E-state index in [0.29, 0.717) is 12.5 Å². The van der Waals surface area contributed by atoms with Crippen LogP contribution in [-0.4, -0.2) is 29.9 Å². The molecule has 0 aromatic heterocycles. The minimum Gasteiger partial charge on any atom is -0.339 e. The van der Waals surface area contributed by atoms with Crippen LogP contribution in [0.15, 0.2) is 24.3 Å². The fourth-order valence-corrected chi connectivity index (χ4v) is 2.92. The highest BCUT2D eigenvalue weighted by molar-refractivity contribution is 5.79. The van der Waals surface area contributed by atoms with Gasteiger partial charge in [0, 0.05) is 12.6 Å². The summed E-state index contributed by atoms with van der Waals surface area (Å²) in [6.45, 7) is 3.70. The first-order valence-electron chi connectivity index (χ1n) is 7.26. The van der Waals surface area contributed by atoms with Crippen LogP contribution in [0.1, 0.15) is 36.8 Å². The first-order chi connectivity index (χ1) is 9.20. The van der Waals surface area contributed by atoms with E-state index in [1.807, 2.05) is 12.1 Å². The van der Waals surface area contributed by atoms with Gasteiger partial charge in [-0.05, 0) is 44.7 Å². The molecule has 1 aliphatic rings. The lowest BCUT2D eigenvalue weighted by molar-refractivity contribution is -0.131. The fourth-order valence-electron chi connectivity index (χ4n) is 2.92. The van der Waals surface area contributed by atoms with Crippen molar-refractivity contribution in [2.24, 2.45) is 5.73 Å². The van der Waals surface area contributed by atoms with Gasteiger partial charge in [-0.2, -0.15) is 0 Å². The zero-order valence-corrected chi connectivity index (χ0v) is 11.8. The molecule has 0 saturated carbocycles. The number of amides is 1. The number of carbonyl (C=O) groups is 1. The molecule has 1 saturated heterocycles. The molecule has 3 nitrogen and oxygen atoms in total. The number of carbonyl (C=O) groups excluding carboxylic acids is 1. The van der Waals surface area contributed by atoms with Crippen molar-refractivity contribution in [1.82, 2.24) is 4.90 Å². The fraction of sp³-hybridized carbons (Fsp3) is 0.562. The third kappa shape index (κ3) is 3.80. The minimum absolute atomic E-state index is 0.269. The van der Waals surface area contributed by atoms with Crippen molar-refractivity contribution in [2.75, 3.05) is 13.1 Å².